The zero-order chi connectivity index (χ0) is 26.6. The summed E-state index contributed by atoms with van der Waals surface area (Å²) in [5, 5.41) is 17.1. The third-order valence-corrected chi connectivity index (χ3v) is 6.73. The first-order valence-electron chi connectivity index (χ1n) is 13.4. The maximum Gasteiger partial charge on any atom is 0.234 e. The van der Waals surface area contributed by atoms with E-state index in [9.17, 15) is 18.7 Å². The Morgan fingerprint density at radius 3 is 2.46 bits per heavy atom. The molecule has 6 nitrogen and oxygen atoms in total. The number of hydrogen-bond donors (Lipinski definition) is 3. The molecule has 1 aliphatic heterocycles. The molecule has 2 aromatic rings. The van der Waals surface area contributed by atoms with Gasteiger partial charge < -0.3 is 20.5 Å². The Labute approximate surface area is 219 Å². The van der Waals surface area contributed by atoms with Gasteiger partial charge in [-0.05, 0) is 60.9 Å². The SMILES string of the molecule is CCCOC1CCN(CC(=O)N[C@@H](Cc2cc(F)cc(F)c2)[C@@H](O)CNCc2cccc(CC)c2)CC1. The maximum absolute atomic E-state index is 13.8. The zero-order valence-electron chi connectivity index (χ0n) is 22.0. The number of aryl methyl sites for hydroxylation is 1. The number of halogens is 2. The first-order valence-corrected chi connectivity index (χ1v) is 13.4. The van der Waals surface area contributed by atoms with Gasteiger partial charge in [-0.1, -0.05) is 38.1 Å². The van der Waals surface area contributed by atoms with Crippen molar-refractivity contribution in [1.82, 2.24) is 15.5 Å². The van der Waals surface area contributed by atoms with Crippen molar-refractivity contribution in [2.24, 2.45) is 0 Å². The van der Waals surface area contributed by atoms with Crippen LogP contribution in [0.5, 0.6) is 0 Å². The third-order valence-electron chi connectivity index (χ3n) is 6.73. The third kappa shape index (κ3) is 10.1. The predicted molar refractivity (Wildman–Crippen MR) is 141 cm³/mol. The number of aliphatic hydroxyl groups excluding tert-OH is 1. The van der Waals surface area contributed by atoms with Gasteiger partial charge in [-0.15, -0.1) is 0 Å². The van der Waals surface area contributed by atoms with Gasteiger partial charge in [0.15, 0.2) is 0 Å². The lowest BCUT2D eigenvalue weighted by Crippen LogP contribution is -2.52. The molecule has 3 N–H and O–H groups in total. The number of likely N-dealkylation sites (tertiary alicyclic amines) is 1. The predicted octanol–water partition coefficient (Wildman–Crippen LogP) is 3.60. The summed E-state index contributed by atoms with van der Waals surface area (Å²) in [6, 6.07) is 10.8. The van der Waals surface area contributed by atoms with Crippen LogP contribution in [-0.2, 0) is 28.9 Å². The second kappa shape index (κ2) is 15.1. The fourth-order valence-electron chi connectivity index (χ4n) is 4.71. The van der Waals surface area contributed by atoms with Gasteiger partial charge in [0.1, 0.15) is 11.6 Å². The lowest BCUT2D eigenvalue weighted by Gasteiger charge is -2.32. The van der Waals surface area contributed by atoms with Crippen LogP contribution < -0.4 is 10.6 Å². The number of ether oxygens (including phenoxy) is 1. The van der Waals surface area contributed by atoms with Gasteiger partial charge in [0.25, 0.3) is 0 Å². The van der Waals surface area contributed by atoms with Gasteiger partial charge in [-0.25, -0.2) is 8.78 Å². The minimum Gasteiger partial charge on any atom is -0.390 e. The van der Waals surface area contributed by atoms with Crippen LogP contribution in [0.3, 0.4) is 0 Å². The van der Waals surface area contributed by atoms with Crippen molar-refractivity contribution < 1.29 is 23.4 Å². The molecule has 0 spiro atoms. The molecule has 0 aliphatic carbocycles. The normalized spacial score (nSPS) is 16.5. The van der Waals surface area contributed by atoms with E-state index in [4.69, 9.17) is 4.74 Å². The van der Waals surface area contributed by atoms with Gasteiger partial charge in [0.05, 0.1) is 24.8 Å². The Balaban J connectivity index is 1.57. The fourth-order valence-corrected chi connectivity index (χ4v) is 4.71. The quantitative estimate of drug-likeness (QED) is 0.357. The highest BCUT2D eigenvalue weighted by molar-refractivity contribution is 5.78. The molecular weight excluding hydrogens is 476 g/mol. The molecule has 0 saturated carbocycles. The highest BCUT2D eigenvalue weighted by Crippen LogP contribution is 2.15. The minimum atomic E-state index is -0.946. The van der Waals surface area contributed by atoms with Gasteiger partial charge in [0, 0.05) is 38.9 Å². The van der Waals surface area contributed by atoms with E-state index in [1.54, 1.807) is 0 Å². The standard InChI is InChI=1S/C29H41F2N3O3/c1-3-12-37-26-8-10-34(11-9-26)20-29(36)33-27(16-23-14-24(30)17-25(31)15-23)28(35)19-32-18-22-7-5-6-21(4-2)13-22/h5-7,13-15,17,26-28,32,35H,3-4,8-12,16,18-20H2,1-2H3,(H,33,36)/t27-,28-/m0/s1. The Morgan fingerprint density at radius 1 is 1.08 bits per heavy atom. The molecule has 2 aromatic carbocycles. The number of benzene rings is 2. The molecule has 0 radical (unpaired) electrons. The number of nitrogens with zero attached hydrogens (tertiary/aromatic N) is 1. The molecule has 2 atom stereocenters. The van der Waals surface area contributed by atoms with Crippen LogP contribution in [0.15, 0.2) is 42.5 Å². The number of piperidine rings is 1. The van der Waals surface area contributed by atoms with Crippen molar-refractivity contribution in [3.63, 3.8) is 0 Å². The van der Waals surface area contributed by atoms with Crippen LogP contribution in [0, 0.1) is 11.6 Å². The monoisotopic (exact) mass is 517 g/mol. The lowest BCUT2D eigenvalue weighted by molar-refractivity contribution is -0.124. The van der Waals surface area contributed by atoms with Crippen LogP contribution >= 0.6 is 0 Å². The van der Waals surface area contributed by atoms with Crippen molar-refractivity contribution in [2.45, 2.75) is 70.7 Å². The van der Waals surface area contributed by atoms with Crippen LogP contribution in [0.4, 0.5) is 8.78 Å². The topological polar surface area (TPSA) is 73.8 Å². The van der Waals surface area contributed by atoms with E-state index in [2.05, 4.69) is 41.5 Å². The Kier molecular flexibility index (Phi) is 11.9. The Hall–Kier alpha value is -2.39. The van der Waals surface area contributed by atoms with E-state index in [1.165, 1.54) is 17.7 Å². The highest BCUT2D eigenvalue weighted by atomic mass is 19.1. The lowest BCUT2D eigenvalue weighted by atomic mass is 10.00. The minimum absolute atomic E-state index is 0.113. The molecule has 204 valence electrons. The van der Waals surface area contributed by atoms with Crippen molar-refractivity contribution in [3.8, 4) is 0 Å². The molecule has 0 bridgehead atoms. The summed E-state index contributed by atoms with van der Waals surface area (Å²) in [7, 11) is 0. The molecule has 1 heterocycles. The molecule has 0 unspecified atom stereocenters. The molecule has 1 saturated heterocycles. The first-order chi connectivity index (χ1) is 17.9. The molecule has 37 heavy (non-hydrogen) atoms. The Bertz CT molecular complexity index is 962. The summed E-state index contributed by atoms with van der Waals surface area (Å²) in [5.74, 6) is -1.59. The van der Waals surface area contributed by atoms with Gasteiger partial charge in [0.2, 0.25) is 5.91 Å². The average molecular weight is 518 g/mol. The van der Waals surface area contributed by atoms with E-state index in [0.717, 1.165) is 57.0 Å². The second-order valence-electron chi connectivity index (χ2n) is 9.87. The molecule has 8 heteroatoms. The number of nitrogens with one attached hydrogen (secondary N) is 2. The van der Waals surface area contributed by atoms with Crippen molar-refractivity contribution in [2.75, 3.05) is 32.8 Å². The van der Waals surface area contributed by atoms with Gasteiger partial charge in [-0.2, -0.15) is 0 Å². The molecule has 1 aliphatic rings. The number of hydrogen-bond acceptors (Lipinski definition) is 5. The van der Waals surface area contributed by atoms with Crippen LogP contribution in [0.2, 0.25) is 0 Å². The summed E-state index contributed by atoms with van der Waals surface area (Å²) >= 11 is 0. The van der Waals surface area contributed by atoms with Crippen molar-refractivity contribution >= 4 is 5.91 Å². The summed E-state index contributed by atoms with van der Waals surface area (Å²) in [6.07, 6.45) is 3.09. The molecule has 3 rings (SSSR count). The first kappa shape index (κ1) is 29.2. The van der Waals surface area contributed by atoms with E-state index in [0.29, 0.717) is 12.1 Å². The van der Waals surface area contributed by atoms with E-state index in [-0.39, 0.29) is 31.5 Å². The summed E-state index contributed by atoms with van der Waals surface area (Å²) in [4.78, 5) is 15.0. The summed E-state index contributed by atoms with van der Waals surface area (Å²) < 4.78 is 33.4. The summed E-state index contributed by atoms with van der Waals surface area (Å²) in [6.45, 7) is 7.46. The molecule has 0 aromatic heterocycles. The number of carbonyl (C=O) groups excluding carboxylic acids is 1. The van der Waals surface area contributed by atoms with Gasteiger partial charge in [-0.3, -0.25) is 9.69 Å². The smallest absolute Gasteiger partial charge is 0.234 e. The highest BCUT2D eigenvalue weighted by Gasteiger charge is 2.25. The van der Waals surface area contributed by atoms with E-state index in [1.807, 2.05) is 12.1 Å². The van der Waals surface area contributed by atoms with Crippen LogP contribution in [0.25, 0.3) is 0 Å². The fraction of sp³-hybridized carbons (Fsp3) is 0.552. The van der Waals surface area contributed by atoms with Crippen molar-refractivity contribution in [3.05, 3.63) is 70.8 Å². The maximum atomic E-state index is 13.8. The number of amides is 1. The molecule has 1 fully saturated rings. The Morgan fingerprint density at radius 2 is 1.78 bits per heavy atom. The molecule has 1 amide bonds. The second-order valence-corrected chi connectivity index (χ2v) is 9.87. The van der Waals surface area contributed by atoms with Crippen LogP contribution in [-0.4, -0.2) is 66.9 Å². The number of aliphatic hydroxyl groups is 1. The molecular formula is C29H41F2N3O3. The number of rotatable bonds is 14. The largest absolute Gasteiger partial charge is 0.390 e. The van der Waals surface area contributed by atoms with Crippen molar-refractivity contribution in [1.29, 1.82) is 0 Å². The van der Waals surface area contributed by atoms with E-state index >= 15 is 0 Å². The van der Waals surface area contributed by atoms with E-state index < -0.39 is 23.8 Å². The van der Waals surface area contributed by atoms with Gasteiger partial charge >= 0.3 is 0 Å². The number of carbonyl (C=O) groups is 1. The van der Waals surface area contributed by atoms with Crippen LogP contribution in [0.1, 0.15) is 49.8 Å². The summed E-state index contributed by atoms with van der Waals surface area (Å²) in [5.41, 5.74) is 2.72. The zero-order valence-corrected chi connectivity index (χ0v) is 22.0. The average Bonchev–Trinajstić information content (AvgIpc) is 2.87.